The molecule has 0 spiro atoms. The Morgan fingerprint density at radius 1 is 0.682 bits per heavy atom. The van der Waals surface area contributed by atoms with E-state index in [1.165, 1.54) is 6.07 Å². The summed E-state index contributed by atoms with van der Waals surface area (Å²) in [5, 5.41) is 19.2. The van der Waals surface area contributed by atoms with E-state index in [1.807, 2.05) is 54.6 Å². The topological polar surface area (TPSA) is 57.5 Å². The summed E-state index contributed by atoms with van der Waals surface area (Å²) < 4.78 is 0. The van der Waals surface area contributed by atoms with Crippen LogP contribution in [0.15, 0.2) is 72.8 Å². The Labute approximate surface area is 128 Å². The molecule has 0 aromatic heterocycles. The highest BCUT2D eigenvalue weighted by Gasteiger charge is 2.13. The van der Waals surface area contributed by atoms with Crippen molar-refractivity contribution < 1.29 is 15.0 Å². The van der Waals surface area contributed by atoms with Crippen LogP contribution < -0.4 is 0 Å². The van der Waals surface area contributed by atoms with Gasteiger partial charge >= 0.3 is 5.97 Å². The molecule has 3 nitrogen and oxygen atoms in total. The first-order valence-electron chi connectivity index (χ1n) is 6.88. The minimum absolute atomic E-state index is 0.0929. The molecule has 0 unspecified atom stereocenters. The fourth-order valence-electron chi connectivity index (χ4n) is 2.42. The molecule has 0 fully saturated rings. The van der Waals surface area contributed by atoms with E-state index in [-0.39, 0.29) is 11.3 Å². The molecule has 0 saturated heterocycles. The molecule has 0 aliphatic rings. The SMILES string of the molecule is O=C(O)c1cccc(-c2ccc(-c3ccccc3)cc2)c1O. The van der Waals surface area contributed by atoms with Crippen LogP contribution in [0.25, 0.3) is 22.3 Å². The highest BCUT2D eigenvalue weighted by Crippen LogP contribution is 2.33. The molecular weight excluding hydrogens is 276 g/mol. The number of hydrogen-bond donors (Lipinski definition) is 2. The highest BCUT2D eigenvalue weighted by atomic mass is 16.4. The molecule has 0 radical (unpaired) electrons. The summed E-state index contributed by atoms with van der Waals surface area (Å²) in [5.74, 6) is -1.34. The summed E-state index contributed by atoms with van der Waals surface area (Å²) >= 11 is 0. The zero-order chi connectivity index (χ0) is 15.5. The molecule has 0 aliphatic heterocycles. The quantitative estimate of drug-likeness (QED) is 0.750. The molecule has 2 N–H and O–H groups in total. The molecule has 0 aliphatic carbocycles. The smallest absolute Gasteiger partial charge is 0.339 e. The maximum absolute atomic E-state index is 11.1. The van der Waals surface area contributed by atoms with E-state index in [4.69, 9.17) is 5.11 Å². The van der Waals surface area contributed by atoms with Crippen molar-refractivity contribution in [3.63, 3.8) is 0 Å². The maximum Gasteiger partial charge on any atom is 0.339 e. The molecule has 22 heavy (non-hydrogen) atoms. The number of aromatic hydroxyl groups is 1. The van der Waals surface area contributed by atoms with Crippen LogP contribution >= 0.6 is 0 Å². The lowest BCUT2D eigenvalue weighted by Crippen LogP contribution is -1.97. The molecule has 3 aromatic carbocycles. The van der Waals surface area contributed by atoms with E-state index in [0.717, 1.165) is 16.7 Å². The Kier molecular flexibility index (Phi) is 3.62. The van der Waals surface area contributed by atoms with Gasteiger partial charge in [-0.3, -0.25) is 0 Å². The third-order valence-corrected chi connectivity index (χ3v) is 3.57. The van der Waals surface area contributed by atoms with Crippen molar-refractivity contribution in [1.29, 1.82) is 0 Å². The lowest BCUT2D eigenvalue weighted by Gasteiger charge is -2.08. The minimum Gasteiger partial charge on any atom is -0.506 e. The lowest BCUT2D eigenvalue weighted by molar-refractivity contribution is 0.0694. The second-order valence-corrected chi connectivity index (χ2v) is 4.95. The summed E-state index contributed by atoms with van der Waals surface area (Å²) in [4.78, 5) is 11.1. The predicted molar refractivity (Wildman–Crippen MR) is 85.9 cm³/mol. The van der Waals surface area contributed by atoms with Crippen LogP contribution in [-0.2, 0) is 0 Å². The molecule has 3 aromatic rings. The Hall–Kier alpha value is -3.07. The largest absolute Gasteiger partial charge is 0.506 e. The molecule has 0 atom stereocenters. The van der Waals surface area contributed by atoms with Crippen LogP contribution in [0, 0.1) is 0 Å². The number of benzene rings is 3. The summed E-state index contributed by atoms with van der Waals surface area (Å²) in [6.45, 7) is 0. The van der Waals surface area contributed by atoms with Crippen molar-refractivity contribution in [2.45, 2.75) is 0 Å². The van der Waals surface area contributed by atoms with Gasteiger partial charge in [-0.15, -0.1) is 0 Å². The Bertz CT molecular complexity index is 806. The fraction of sp³-hybridized carbons (Fsp3) is 0. The summed E-state index contributed by atoms with van der Waals surface area (Å²) in [6.07, 6.45) is 0. The average molecular weight is 290 g/mol. The van der Waals surface area contributed by atoms with Gasteiger partial charge in [0.1, 0.15) is 11.3 Å². The van der Waals surface area contributed by atoms with Crippen LogP contribution in [0.1, 0.15) is 10.4 Å². The van der Waals surface area contributed by atoms with Gasteiger partial charge in [0.05, 0.1) is 0 Å². The second kappa shape index (κ2) is 5.74. The first-order chi connectivity index (χ1) is 10.7. The van der Waals surface area contributed by atoms with E-state index in [1.54, 1.807) is 12.1 Å². The molecule has 0 amide bonds. The third-order valence-electron chi connectivity index (χ3n) is 3.57. The van der Waals surface area contributed by atoms with E-state index in [2.05, 4.69) is 0 Å². The number of carboxylic acids is 1. The summed E-state index contributed by atoms with van der Waals surface area (Å²) in [7, 11) is 0. The molecule has 0 heterocycles. The number of phenols is 1. The van der Waals surface area contributed by atoms with Gasteiger partial charge < -0.3 is 10.2 Å². The van der Waals surface area contributed by atoms with Gasteiger partial charge in [-0.05, 0) is 22.8 Å². The molecule has 3 rings (SSSR count). The first-order valence-corrected chi connectivity index (χ1v) is 6.88. The second-order valence-electron chi connectivity index (χ2n) is 4.95. The van der Waals surface area contributed by atoms with Crippen molar-refractivity contribution >= 4 is 5.97 Å². The number of para-hydroxylation sites is 1. The number of rotatable bonds is 3. The van der Waals surface area contributed by atoms with Gasteiger partial charge in [-0.25, -0.2) is 4.79 Å². The summed E-state index contributed by atoms with van der Waals surface area (Å²) in [5.41, 5.74) is 3.38. The predicted octanol–water partition coefficient (Wildman–Crippen LogP) is 4.42. The number of carbonyl (C=O) groups is 1. The molecule has 3 heteroatoms. The molecule has 108 valence electrons. The zero-order valence-corrected chi connectivity index (χ0v) is 11.7. The average Bonchev–Trinajstić information content (AvgIpc) is 2.56. The van der Waals surface area contributed by atoms with Crippen molar-refractivity contribution in [1.82, 2.24) is 0 Å². The van der Waals surface area contributed by atoms with Gasteiger partial charge in [0.15, 0.2) is 0 Å². The first kappa shape index (κ1) is 13.9. The fourth-order valence-corrected chi connectivity index (χ4v) is 2.42. The van der Waals surface area contributed by atoms with E-state index >= 15 is 0 Å². The van der Waals surface area contributed by atoms with Crippen LogP contribution in [-0.4, -0.2) is 16.2 Å². The Morgan fingerprint density at radius 3 is 1.91 bits per heavy atom. The monoisotopic (exact) mass is 290 g/mol. The molecule has 0 bridgehead atoms. The van der Waals surface area contributed by atoms with Crippen LogP contribution in [0.3, 0.4) is 0 Å². The van der Waals surface area contributed by atoms with Crippen LogP contribution in [0.2, 0.25) is 0 Å². The van der Waals surface area contributed by atoms with Gasteiger partial charge in [0.2, 0.25) is 0 Å². The van der Waals surface area contributed by atoms with Crippen molar-refractivity contribution in [3.8, 4) is 28.0 Å². The van der Waals surface area contributed by atoms with E-state index in [9.17, 15) is 9.90 Å². The van der Waals surface area contributed by atoms with Crippen molar-refractivity contribution in [2.75, 3.05) is 0 Å². The number of hydrogen-bond acceptors (Lipinski definition) is 2. The minimum atomic E-state index is -1.14. The third kappa shape index (κ3) is 2.56. The maximum atomic E-state index is 11.1. The van der Waals surface area contributed by atoms with Gasteiger partial charge in [0.25, 0.3) is 0 Å². The Balaban J connectivity index is 2.01. The van der Waals surface area contributed by atoms with Gasteiger partial charge in [0, 0.05) is 5.56 Å². The van der Waals surface area contributed by atoms with Crippen molar-refractivity contribution in [2.24, 2.45) is 0 Å². The van der Waals surface area contributed by atoms with Gasteiger partial charge in [-0.1, -0.05) is 66.7 Å². The van der Waals surface area contributed by atoms with Crippen molar-refractivity contribution in [3.05, 3.63) is 78.4 Å². The lowest BCUT2D eigenvalue weighted by atomic mass is 9.98. The summed E-state index contributed by atoms with van der Waals surface area (Å²) in [6, 6.07) is 22.4. The van der Waals surface area contributed by atoms with E-state index < -0.39 is 5.97 Å². The van der Waals surface area contributed by atoms with Crippen LogP contribution in [0.4, 0.5) is 0 Å². The number of aromatic carboxylic acids is 1. The molecular formula is C19H14O3. The zero-order valence-electron chi connectivity index (χ0n) is 11.7. The normalized spacial score (nSPS) is 10.4. The van der Waals surface area contributed by atoms with E-state index in [0.29, 0.717) is 5.56 Å². The Morgan fingerprint density at radius 2 is 1.27 bits per heavy atom. The van der Waals surface area contributed by atoms with Gasteiger partial charge in [-0.2, -0.15) is 0 Å². The van der Waals surface area contributed by atoms with Crippen LogP contribution in [0.5, 0.6) is 5.75 Å². The molecule has 0 saturated carbocycles. The number of carboxylic acid groups (broad SMARTS) is 1. The highest BCUT2D eigenvalue weighted by molar-refractivity contribution is 5.94. The standard InChI is InChI=1S/C19H14O3/c20-18-16(7-4-8-17(18)19(21)22)15-11-9-14(10-12-15)13-5-2-1-3-6-13/h1-12,20H,(H,21,22).